The number of nitrogens with zero attached hydrogens (tertiary/aromatic N) is 2. The first-order valence-electron chi connectivity index (χ1n) is 5.98. The highest BCUT2D eigenvalue weighted by Crippen LogP contribution is 2.19. The van der Waals surface area contributed by atoms with E-state index in [4.69, 9.17) is 4.74 Å². The highest BCUT2D eigenvalue weighted by Gasteiger charge is 2.22. The number of benzene rings is 1. The summed E-state index contributed by atoms with van der Waals surface area (Å²) in [5, 5.41) is 0. The van der Waals surface area contributed by atoms with Crippen LogP contribution in [0.15, 0.2) is 49.1 Å². The number of imidazole rings is 1. The van der Waals surface area contributed by atoms with E-state index in [-0.39, 0.29) is 11.9 Å². The molecule has 0 saturated carbocycles. The first kappa shape index (κ1) is 12.4. The van der Waals surface area contributed by atoms with Crippen LogP contribution in [-0.4, -0.2) is 22.1 Å². The summed E-state index contributed by atoms with van der Waals surface area (Å²) < 4.78 is 7.02. The molecule has 0 aliphatic rings. The molecule has 94 valence electrons. The van der Waals surface area contributed by atoms with Crippen LogP contribution in [0.4, 0.5) is 0 Å². The summed E-state index contributed by atoms with van der Waals surface area (Å²) in [7, 11) is 0. The molecule has 2 rings (SSSR count). The lowest BCUT2D eigenvalue weighted by atomic mass is 9.99. The molecule has 0 fully saturated rings. The van der Waals surface area contributed by atoms with Gasteiger partial charge in [-0.05, 0) is 12.5 Å². The second-order valence-electron chi connectivity index (χ2n) is 3.97. The monoisotopic (exact) mass is 244 g/mol. The molecule has 1 aromatic heterocycles. The minimum absolute atomic E-state index is 0.197. The molecule has 1 atom stereocenters. The summed E-state index contributed by atoms with van der Waals surface area (Å²) in [4.78, 5) is 16.0. The maximum absolute atomic E-state index is 12.0. The first-order chi connectivity index (χ1) is 8.81. The molecule has 4 nitrogen and oxygen atoms in total. The second-order valence-corrected chi connectivity index (χ2v) is 3.97. The van der Waals surface area contributed by atoms with E-state index in [1.54, 1.807) is 12.5 Å². The Kier molecular flexibility index (Phi) is 4.12. The van der Waals surface area contributed by atoms with Gasteiger partial charge in [0.1, 0.15) is 0 Å². The topological polar surface area (TPSA) is 44.1 Å². The second kappa shape index (κ2) is 6.00. The smallest absolute Gasteiger partial charge is 0.315 e. The Labute approximate surface area is 106 Å². The van der Waals surface area contributed by atoms with Gasteiger partial charge in [-0.25, -0.2) is 4.98 Å². The summed E-state index contributed by atoms with van der Waals surface area (Å²) in [6.07, 6.45) is 5.25. The van der Waals surface area contributed by atoms with E-state index in [9.17, 15) is 4.79 Å². The Morgan fingerprint density at radius 2 is 2.17 bits per heavy atom. The molecule has 1 unspecified atom stereocenters. The fraction of sp³-hybridized carbons (Fsp3) is 0.286. The number of rotatable bonds is 5. The van der Waals surface area contributed by atoms with Gasteiger partial charge in [0.2, 0.25) is 0 Å². The standard InChI is InChI=1S/C14H16N2O2/c1-2-18-14(17)13(10-16-9-8-15-11-16)12-6-4-3-5-7-12/h3-9,11,13H,2,10H2,1H3. The Morgan fingerprint density at radius 1 is 1.39 bits per heavy atom. The van der Waals surface area contributed by atoms with Crippen LogP contribution in [0.1, 0.15) is 18.4 Å². The van der Waals surface area contributed by atoms with E-state index in [0.717, 1.165) is 5.56 Å². The van der Waals surface area contributed by atoms with Crippen LogP contribution in [0.5, 0.6) is 0 Å². The Hall–Kier alpha value is -2.10. The van der Waals surface area contributed by atoms with Gasteiger partial charge >= 0.3 is 5.97 Å². The van der Waals surface area contributed by atoms with Crippen molar-refractivity contribution in [3.8, 4) is 0 Å². The van der Waals surface area contributed by atoms with Crippen molar-refractivity contribution in [2.75, 3.05) is 6.61 Å². The predicted octanol–water partition coefficient (Wildman–Crippen LogP) is 2.23. The van der Waals surface area contributed by atoms with Gasteiger partial charge < -0.3 is 9.30 Å². The van der Waals surface area contributed by atoms with E-state index in [1.165, 1.54) is 0 Å². The fourth-order valence-corrected chi connectivity index (χ4v) is 1.85. The normalized spacial score (nSPS) is 12.1. The lowest BCUT2D eigenvalue weighted by Gasteiger charge is -2.16. The number of ether oxygens (including phenoxy) is 1. The number of carbonyl (C=O) groups excluding carboxylic acids is 1. The lowest BCUT2D eigenvalue weighted by molar-refractivity contribution is -0.145. The third-order valence-corrected chi connectivity index (χ3v) is 2.73. The van der Waals surface area contributed by atoms with E-state index >= 15 is 0 Å². The van der Waals surface area contributed by atoms with E-state index < -0.39 is 0 Å². The molecule has 0 N–H and O–H groups in total. The molecule has 2 aromatic rings. The van der Waals surface area contributed by atoms with Gasteiger partial charge in [0, 0.05) is 18.9 Å². The molecular weight excluding hydrogens is 228 g/mol. The maximum atomic E-state index is 12.0. The van der Waals surface area contributed by atoms with Crippen LogP contribution in [0.3, 0.4) is 0 Å². The van der Waals surface area contributed by atoms with Crippen LogP contribution in [-0.2, 0) is 16.1 Å². The predicted molar refractivity (Wildman–Crippen MR) is 68.0 cm³/mol. The van der Waals surface area contributed by atoms with Crippen molar-refractivity contribution >= 4 is 5.97 Å². The van der Waals surface area contributed by atoms with Crippen molar-refractivity contribution in [3.63, 3.8) is 0 Å². The van der Waals surface area contributed by atoms with Crippen molar-refractivity contribution in [2.24, 2.45) is 0 Å². The van der Waals surface area contributed by atoms with E-state index in [1.807, 2.05) is 48.0 Å². The zero-order chi connectivity index (χ0) is 12.8. The molecule has 4 heteroatoms. The third kappa shape index (κ3) is 2.97. The average molecular weight is 244 g/mol. The number of hydrogen-bond donors (Lipinski definition) is 0. The van der Waals surface area contributed by atoms with Crippen molar-refractivity contribution < 1.29 is 9.53 Å². The molecule has 0 radical (unpaired) electrons. The summed E-state index contributed by atoms with van der Waals surface area (Å²) in [6, 6.07) is 9.67. The maximum Gasteiger partial charge on any atom is 0.315 e. The van der Waals surface area contributed by atoms with Crippen LogP contribution < -0.4 is 0 Å². The van der Waals surface area contributed by atoms with Crippen molar-refractivity contribution in [3.05, 3.63) is 54.6 Å². The minimum atomic E-state index is -0.291. The number of aromatic nitrogens is 2. The molecule has 0 saturated heterocycles. The average Bonchev–Trinajstić information content (AvgIpc) is 2.90. The number of carbonyl (C=O) groups is 1. The summed E-state index contributed by atoms with van der Waals surface area (Å²) >= 11 is 0. The number of hydrogen-bond acceptors (Lipinski definition) is 3. The summed E-state index contributed by atoms with van der Waals surface area (Å²) in [5.41, 5.74) is 0.963. The van der Waals surface area contributed by atoms with Gasteiger partial charge in [0.05, 0.1) is 18.9 Å². The highest BCUT2D eigenvalue weighted by molar-refractivity contribution is 5.78. The van der Waals surface area contributed by atoms with Gasteiger partial charge in [0.25, 0.3) is 0 Å². The summed E-state index contributed by atoms with van der Waals surface area (Å²) in [5.74, 6) is -0.488. The summed E-state index contributed by atoms with van der Waals surface area (Å²) in [6.45, 7) is 2.76. The van der Waals surface area contributed by atoms with Crippen LogP contribution in [0.2, 0.25) is 0 Å². The fourth-order valence-electron chi connectivity index (χ4n) is 1.85. The SMILES string of the molecule is CCOC(=O)C(Cn1ccnc1)c1ccccc1. The zero-order valence-corrected chi connectivity index (χ0v) is 10.3. The molecule has 1 heterocycles. The van der Waals surface area contributed by atoms with Crippen LogP contribution in [0.25, 0.3) is 0 Å². The molecule has 0 bridgehead atoms. The Morgan fingerprint density at radius 3 is 2.78 bits per heavy atom. The van der Waals surface area contributed by atoms with Gasteiger partial charge in [-0.15, -0.1) is 0 Å². The molecule has 0 spiro atoms. The van der Waals surface area contributed by atoms with Gasteiger partial charge in [0.15, 0.2) is 0 Å². The minimum Gasteiger partial charge on any atom is -0.465 e. The Bertz CT molecular complexity index is 480. The van der Waals surface area contributed by atoms with Gasteiger partial charge in [-0.3, -0.25) is 4.79 Å². The largest absolute Gasteiger partial charge is 0.465 e. The van der Waals surface area contributed by atoms with Gasteiger partial charge in [-0.1, -0.05) is 30.3 Å². The van der Waals surface area contributed by atoms with E-state index in [2.05, 4.69) is 4.98 Å². The Balaban J connectivity index is 2.20. The molecule has 1 aromatic carbocycles. The lowest BCUT2D eigenvalue weighted by Crippen LogP contribution is -2.20. The van der Waals surface area contributed by atoms with Crippen molar-refractivity contribution in [1.29, 1.82) is 0 Å². The van der Waals surface area contributed by atoms with Crippen molar-refractivity contribution in [2.45, 2.75) is 19.4 Å². The zero-order valence-electron chi connectivity index (χ0n) is 10.3. The number of esters is 1. The van der Waals surface area contributed by atoms with E-state index in [0.29, 0.717) is 13.2 Å². The van der Waals surface area contributed by atoms with Crippen molar-refractivity contribution in [1.82, 2.24) is 9.55 Å². The highest BCUT2D eigenvalue weighted by atomic mass is 16.5. The molecule has 18 heavy (non-hydrogen) atoms. The molecular formula is C14H16N2O2. The van der Waals surface area contributed by atoms with Crippen LogP contribution >= 0.6 is 0 Å². The molecule has 0 aliphatic heterocycles. The van der Waals surface area contributed by atoms with Crippen LogP contribution in [0, 0.1) is 0 Å². The third-order valence-electron chi connectivity index (χ3n) is 2.73. The van der Waals surface area contributed by atoms with Gasteiger partial charge in [-0.2, -0.15) is 0 Å². The molecule has 0 aliphatic carbocycles. The molecule has 0 amide bonds. The quantitative estimate of drug-likeness (QED) is 0.757. The first-order valence-corrected chi connectivity index (χ1v) is 5.98.